The Morgan fingerprint density at radius 1 is 1.10 bits per heavy atom. The Hall–Kier alpha value is -1.71. The molecule has 0 saturated heterocycles. The molecule has 4 nitrogen and oxygen atoms in total. The predicted molar refractivity (Wildman–Crippen MR) is 77.6 cm³/mol. The first-order valence-electron chi connectivity index (χ1n) is 7.43. The fourth-order valence-corrected chi connectivity index (χ4v) is 2.95. The third-order valence-electron chi connectivity index (χ3n) is 4.11. The summed E-state index contributed by atoms with van der Waals surface area (Å²) in [6.45, 7) is 0. The van der Waals surface area contributed by atoms with Crippen molar-refractivity contribution >= 4 is 11.5 Å². The SMILES string of the molecule is O=C(Cc1ccccc1[N+](=O)[O-])C1CCCCCCC1. The van der Waals surface area contributed by atoms with Crippen LogP contribution in [0.5, 0.6) is 0 Å². The van der Waals surface area contributed by atoms with Gasteiger partial charge in [0.2, 0.25) is 0 Å². The van der Waals surface area contributed by atoms with Crippen LogP contribution in [-0.4, -0.2) is 10.7 Å². The number of carbonyl (C=O) groups excluding carboxylic acids is 1. The van der Waals surface area contributed by atoms with Gasteiger partial charge in [-0.25, -0.2) is 0 Å². The van der Waals surface area contributed by atoms with Crippen LogP contribution in [0.15, 0.2) is 24.3 Å². The molecule has 0 N–H and O–H groups in total. The fourth-order valence-electron chi connectivity index (χ4n) is 2.95. The average molecular weight is 275 g/mol. The van der Waals surface area contributed by atoms with Gasteiger partial charge >= 0.3 is 0 Å². The maximum absolute atomic E-state index is 12.4. The summed E-state index contributed by atoms with van der Waals surface area (Å²) in [6, 6.07) is 6.56. The monoisotopic (exact) mass is 275 g/mol. The third-order valence-corrected chi connectivity index (χ3v) is 4.11. The number of hydrogen-bond acceptors (Lipinski definition) is 3. The van der Waals surface area contributed by atoms with Crippen LogP contribution >= 0.6 is 0 Å². The molecule has 20 heavy (non-hydrogen) atoms. The van der Waals surface area contributed by atoms with Crippen LogP contribution in [0.2, 0.25) is 0 Å². The van der Waals surface area contributed by atoms with Crippen molar-refractivity contribution in [1.82, 2.24) is 0 Å². The van der Waals surface area contributed by atoms with Crippen LogP contribution in [0.3, 0.4) is 0 Å². The van der Waals surface area contributed by atoms with Gasteiger partial charge in [0.15, 0.2) is 0 Å². The first-order valence-corrected chi connectivity index (χ1v) is 7.43. The van der Waals surface area contributed by atoms with Crippen molar-refractivity contribution in [2.45, 2.75) is 51.4 Å². The predicted octanol–water partition coefficient (Wildman–Crippen LogP) is 4.07. The van der Waals surface area contributed by atoms with Crippen molar-refractivity contribution in [3.63, 3.8) is 0 Å². The van der Waals surface area contributed by atoms with Crippen molar-refractivity contribution in [2.24, 2.45) is 5.92 Å². The highest BCUT2D eigenvalue weighted by atomic mass is 16.6. The number of nitro groups is 1. The van der Waals surface area contributed by atoms with Gasteiger partial charge in [-0.15, -0.1) is 0 Å². The summed E-state index contributed by atoms with van der Waals surface area (Å²) in [5.74, 6) is 0.260. The highest BCUT2D eigenvalue weighted by Crippen LogP contribution is 2.26. The van der Waals surface area contributed by atoms with E-state index in [0.29, 0.717) is 5.56 Å². The summed E-state index contributed by atoms with van der Waals surface area (Å²) in [7, 11) is 0. The summed E-state index contributed by atoms with van der Waals surface area (Å²) < 4.78 is 0. The van der Waals surface area contributed by atoms with Crippen LogP contribution in [0.4, 0.5) is 5.69 Å². The minimum Gasteiger partial charge on any atom is -0.299 e. The molecule has 0 spiro atoms. The van der Waals surface area contributed by atoms with Crippen LogP contribution in [-0.2, 0) is 11.2 Å². The van der Waals surface area contributed by atoms with Crippen molar-refractivity contribution in [3.8, 4) is 0 Å². The first-order chi connectivity index (χ1) is 9.68. The molecule has 1 aromatic carbocycles. The largest absolute Gasteiger partial charge is 0.299 e. The van der Waals surface area contributed by atoms with E-state index in [4.69, 9.17) is 0 Å². The van der Waals surface area contributed by atoms with Crippen LogP contribution in [0, 0.1) is 16.0 Å². The van der Waals surface area contributed by atoms with Crippen molar-refractivity contribution in [3.05, 3.63) is 39.9 Å². The van der Waals surface area contributed by atoms with Crippen LogP contribution in [0.1, 0.15) is 50.5 Å². The zero-order valence-electron chi connectivity index (χ0n) is 11.7. The van der Waals surface area contributed by atoms with E-state index < -0.39 is 4.92 Å². The van der Waals surface area contributed by atoms with Gasteiger partial charge in [-0.2, -0.15) is 0 Å². The summed E-state index contributed by atoms with van der Waals surface area (Å²) in [5.41, 5.74) is 0.608. The number of carbonyl (C=O) groups is 1. The Balaban J connectivity index is 2.05. The zero-order valence-corrected chi connectivity index (χ0v) is 11.7. The Morgan fingerprint density at radius 2 is 1.70 bits per heavy atom. The van der Waals surface area contributed by atoms with Gasteiger partial charge < -0.3 is 0 Å². The van der Waals surface area contributed by atoms with Crippen LogP contribution < -0.4 is 0 Å². The van der Waals surface area contributed by atoms with E-state index in [9.17, 15) is 14.9 Å². The highest BCUT2D eigenvalue weighted by molar-refractivity contribution is 5.84. The number of hydrogen-bond donors (Lipinski definition) is 0. The lowest BCUT2D eigenvalue weighted by molar-refractivity contribution is -0.385. The van der Waals surface area contributed by atoms with Crippen molar-refractivity contribution in [1.29, 1.82) is 0 Å². The molecule has 0 heterocycles. The number of nitro benzene ring substituents is 1. The van der Waals surface area contributed by atoms with Gasteiger partial charge in [0.1, 0.15) is 5.78 Å². The van der Waals surface area contributed by atoms with Gasteiger partial charge in [-0.1, -0.05) is 50.3 Å². The Labute approximate surface area is 119 Å². The lowest BCUT2D eigenvalue weighted by atomic mass is 9.86. The molecule has 0 bridgehead atoms. The standard InChI is InChI=1S/C16H21NO3/c18-16(13-8-4-2-1-3-5-9-13)12-14-10-6-7-11-15(14)17(19)20/h6-7,10-11,13H,1-5,8-9,12H2. The summed E-state index contributed by atoms with van der Waals surface area (Å²) >= 11 is 0. The maximum Gasteiger partial charge on any atom is 0.273 e. The molecule has 1 aromatic rings. The molecular weight excluding hydrogens is 254 g/mol. The minimum atomic E-state index is -0.402. The number of benzene rings is 1. The second-order valence-corrected chi connectivity index (χ2v) is 5.57. The highest BCUT2D eigenvalue weighted by Gasteiger charge is 2.22. The number of nitrogens with zero attached hydrogens (tertiary/aromatic N) is 1. The van der Waals surface area contributed by atoms with E-state index in [-0.39, 0.29) is 23.8 Å². The molecule has 108 valence electrons. The molecule has 1 saturated carbocycles. The molecule has 0 unspecified atom stereocenters. The number of Topliss-reactive ketones (excluding diaryl/α,β-unsaturated/α-hetero) is 1. The molecule has 1 aliphatic carbocycles. The molecule has 0 aromatic heterocycles. The van der Waals surface area contributed by atoms with Crippen molar-refractivity contribution < 1.29 is 9.72 Å². The van der Waals surface area contributed by atoms with E-state index >= 15 is 0 Å². The van der Waals surface area contributed by atoms with Gasteiger partial charge in [0.05, 0.1) is 4.92 Å². The molecule has 2 rings (SSSR count). The molecule has 4 heteroatoms. The molecule has 0 amide bonds. The normalized spacial score (nSPS) is 17.2. The van der Waals surface area contributed by atoms with Gasteiger partial charge in [-0.05, 0) is 12.8 Å². The zero-order chi connectivity index (χ0) is 14.4. The first kappa shape index (κ1) is 14.7. The van der Waals surface area contributed by atoms with E-state index in [1.54, 1.807) is 18.2 Å². The van der Waals surface area contributed by atoms with E-state index in [1.165, 1.54) is 25.3 Å². The Kier molecular flexibility index (Phi) is 5.27. The van der Waals surface area contributed by atoms with Gasteiger partial charge in [0, 0.05) is 24.0 Å². The number of para-hydroxylation sites is 1. The average Bonchev–Trinajstić information content (AvgIpc) is 2.38. The summed E-state index contributed by atoms with van der Waals surface area (Å²) in [5, 5.41) is 11.0. The molecule has 1 fully saturated rings. The van der Waals surface area contributed by atoms with E-state index in [0.717, 1.165) is 25.7 Å². The molecule has 0 atom stereocenters. The topological polar surface area (TPSA) is 60.2 Å². The van der Waals surface area contributed by atoms with E-state index in [2.05, 4.69) is 0 Å². The molecular formula is C16H21NO3. The number of rotatable bonds is 4. The summed E-state index contributed by atoms with van der Waals surface area (Å²) in [6.07, 6.45) is 7.97. The second-order valence-electron chi connectivity index (χ2n) is 5.57. The maximum atomic E-state index is 12.4. The Bertz CT molecular complexity index is 476. The Morgan fingerprint density at radius 3 is 2.35 bits per heavy atom. The quantitative estimate of drug-likeness (QED) is 0.614. The smallest absolute Gasteiger partial charge is 0.273 e. The second kappa shape index (κ2) is 7.17. The van der Waals surface area contributed by atoms with E-state index in [1.807, 2.05) is 0 Å². The molecule has 1 aliphatic rings. The van der Waals surface area contributed by atoms with Crippen molar-refractivity contribution in [2.75, 3.05) is 0 Å². The lowest BCUT2D eigenvalue weighted by Gasteiger charge is -2.18. The third kappa shape index (κ3) is 3.89. The van der Waals surface area contributed by atoms with Gasteiger partial charge in [-0.3, -0.25) is 14.9 Å². The number of ketones is 1. The lowest BCUT2D eigenvalue weighted by Crippen LogP contribution is -2.18. The fraction of sp³-hybridized carbons (Fsp3) is 0.562. The molecule has 0 radical (unpaired) electrons. The van der Waals surface area contributed by atoms with Crippen LogP contribution in [0.25, 0.3) is 0 Å². The molecule has 0 aliphatic heterocycles. The van der Waals surface area contributed by atoms with Gasteiger partial charge in [0.25, 0.3) is 5.69 Å². The summed E-state index contributed by atoms with van der Waals surface area (Å²) in [4.78, 5) is 23.0. The minimum absolute atomic E-state index is 0.0618.